The monoisotopic (exact) mass is 364 g/mol. The van der Waals surface area contributed by atoms with Crippen LogP contribution in [0.5, 0.6) is 5.75 Å². The average Bonchev–Trinajstić information content (AvgIpc) is 2.95. The Kier molecular flexibility index (Phi) is 4.05. The molecular formula is C14H16BrF3N2O. The van der Waals surface area contributed by atoms with Crippen LogP contribution in [0.1, 0.15) is 19.3 Å². The van der Waals surface area contributed by atoms with Gasteiger partial charge in [-0.1, -0.05) is 15.9 Å². The number of nitrogens with zero attached hydrogens (tertiary/aromatic N) is 1. The number of anilines is 1. The fraction of sp³-hybridized carbons (Fsp3) is 0.571. The van der Waals surface area contributed by atoms with E-state index in [2.05, 4.69) is 30.9 Å². The van der Waals surface area contributed by atoms with Crippen LogP contribution in [0.4, 0.5) is 18.9 Å². The molecule has 1 aromatic rings. The van der Waals surface area contributed by atoms with Gasteiger partial charge < -0.3 is 10.1 Å². The molecule has 0 spiro atoms. The number of hydrogen-bond donors (Lipinski definition) is 1. The third-order valence-electron chi connectivity index (χ3n) is 4.12. The maximum atomic E-state index is 12.5. The molecule has 2 saturated heterocycles. The number of fused-ring (bicyclic) bond motifs is 1. The van der Waals surface area contributed by atoms with Crippen LogP contribution >= 0.6 is 15.9 Å². The summed E-state index contributed by atoms with van der Waals surface area (Å²) < 4.78 is 42.2. The molecular weight excluding hydrogens is 349 g/mol. The minimum absolute atomic E-state index is 0.184. The van der Waals surface area contributed by atoms with Crippen LogP contribution in [0.3, 0.4) is 0 Å². The fourth-order valence-corrected chi connectivity index (χ4v) is 3.62. The van der Waals surface area contributed by atoms with Crippen molar-refractivity contribution in [2.45, 2.75) is 37.7 Å². The Morgan fingerprint density at radius 2 is 2.05 bits per heavy atom. The van der Waals surface area contributed by atoms with Gasteiger partial charge in [0.25, 0.3) is 0 Å². The van der Waals surface area contributed by atoms with E-state index in [-0.39, 0.29) is 11.8 Å². The molecule has 0 amide bonds. The zero-order chi connectivity index (χ0) is 15.0. The Morgan fingerprint density at radius 3 is 2.81 bits per heavy atom. The molecule has 7 heteroatoms. The number of ether oxygens (including phenoxy) is 1. The van der Waals surface area contributed by atoms with Gasteiger partial charge in [0.1, 0.15) is 0 Å². The lowest BCUT2D eigenvalue weighted by atomic mass is 10.1. The Hall–Kier alpha value is -0.950. The molecule has 2 aliphatic rings. The molecule has 0 saturated carbocycles. The van der Waals surface area contributed by atoms with E-state index in [4.69, 9.17) is 0 Å². The molecule has 0 radical (unpaired) electrons. The summed E-state index contributed by atoms with van der Waals surface area (Å²) in [5.74, 6) is -0.187. The summed E-state index contributed by atoms with van der Waals surface area (Å²) in [5.41, 5.74) is 0.397. The van der Waals surface area contributed by atoms with E-state index in [1.54, 1.807) is 12.1 Å². The summed E-state index contributed by atoms with van der Waals surface area (Å²) in [7, 11) is 0. The molecule has 2 fully saturated rings. The van der Waals surface area contributed by atoms with Crippen LogP contribution < -0.4 is 10.1 Å². The number of rotatable bonds is 3. The van der Waals surface area contributed by atoms with E-state index in [0.717, 1.165) is 32.4 Å². The topological polar surface area (TPSA) is 24.5 Å². The maximum absolute atomic E-state index is 12.5. The second-order valence-corrected chi connectivity index (χ2v) is 6.39. The summed E-state index contributed by atoms with van der Waals surface area (Å²) in [6.07, 6.45) is -1.47. The van der Waals surface area contributed by atoms with Crippen molar-refractivity contribution >= 4 is 21.6 Å². The molecule has 3 nitrogen and oxygen atoms in total. The van der Waals surface area contributed by atoms with Gasteiger partial charge in [-0.3, -0.25) is 4.90 Å². The molecule has 0 bridgehead atoms. The van der Waals surface area contributed by atoms with E-state index in [9.17, 15) is 13.2 Å². The number of halogens is 4. The highest BCUT2D eigenvalue weighted by atomic mass is 79.9. The molecule has 0 aromatic heterocycles. The van der Waals surface area contributed by atoms with E-state index in [1.165, 1.54) is 6.07 Å². The van der Waals surface area contributed by atoms with Crippen LogP contribution in [0.15, 0.2) is 22.7 Å². The third kappa shape index (κ3) is 3.45. The molecule has 3 rings (SSSR count). The first kappa shape index (κ1) is 15.0. The van der Waals surface area contributed by atoms with Crippen molar-refractivity contribution in [3.8, 4) is 5.75 Å². The second-order valence-electron chi connectivity index (χ2n) is 5.47. The Bertz CT molecular complexity index is 523. The van der Waals surface area contributed by atoms with Crippen molar-refractivity contribution in [3.05, 3.63) is 22.7 Å². The normalized spacial score (nSPS) is 25.9. The average molecular weight is 365 g/mol. The SMILES string of the molecule is FC(F)(F)Oc1cc(Br)ccc1NC1CCN2CCCC12. The summed E-state index contributed by atoms with van der Waals surface area (Å²) in [4.78, 5) is 2.40. The first-order valence-corrected chi connectivity index (χ1v) is 7.77. The minimum atomic E-state index is -4.69. The van der Waals surface area contributed by atoms with Crippen LogP contribution in [0, 0.1) is 0 Å². The van der Waals surface area contributed by atoms with Gasteiger partial charge in [-0.05, 0) is 44.0 Å². The number of nitrogens with one attached hydrogen (secondary N) is 1. The van der Waals surface area contributed by atoms with Gasteiger partial charge in [0.2, 0.25) is 0 Å². The van der Waals surface area contributed by atoms with Crippen LogP contribution in [0.25, 0.3) is 0 Å². The van der Waals surface area contributed by atoms with Crippen LogP contribution in [-0.2, 0) is 0 Å². The third-order valence-corrected chi connectivity index (χ3v) is 4.61. The fourth-order valence-electron chi connectivity index (χ4n) is 3.28. The smallest absolute Gasteiger partial charge is 0.404 e. The van der Waals surface area contributed by atoms with Crippen molar-refractivity contribution in [1.29, 1.82) is 0 Å². The summed E-state index contributed by atoms with van der Waals surface area (Å²) in [6, 6.07) is 5.30. The molecule has 1 N–H and O–H groups in total. The minimum Gasteiger partial charge on any atom is -0.404 e. The lowest BCUT2D eigenvalue weighted by Crippen LogP contribution is -2.34. The van der Waals surface area contributed by atoms with Crippen molar-refractivity contribution in [2.24, 2.45) is 0 Å². The Balaban J connectivity index is 1.78. The van der Waals surface area contributed by atoms with Crippen LogP contribution in [-0.4, -0.2) is 36.4 Å². The van der Waals surface area contributed by atoms with E-state index in [0.29, 0.717) is 16.2 Å². The number of alkyl halides is 3. The standard InChI is InChI=1S/C14H16BrF3N2O/c15-9-3-4-11(13(8-9)21-14(16,17)18)19-10-5-7-20-6-1-2-12(10)20/h3-4,8,10,12,19H,1-2,5-7H2. The largest absolute Gasteiger partial charge is 0.573 e. The van der Waals surface area contributed by atoms with Crippen molar-refractivity contribution < 1.29 is 17.9 Å². The van der Waals surface area contributed by atoms with E-state index in [1.807, 2.05) is 0 Å². The molecule has 2 aliphatic heterocycles. The lowest BCUT2D eigenvalue weighted by Gasteiger charge is -2.24. The van der Waals surface area contributed by atoms with E-state index >= 15 is 0 Å². The maximum Gasteiger partial charge on any atom is 0.573 e. The summed E-state index contributed by atoms with van der Waals surface area (Å²) in [5, 5.41) is 3.24. The zero-order valence-electron chi connectivity index (χ0n) is 11.3. The molecule has 2 atom stereocenters. The van der Waals surface area contributed by atoms with Crippen LogP contribution in [0.2, 0.25) is 0 Å². The van der Waals surface area contributed by atoms with Crippen molar-refractivity contribution in [2.75, 3.05) is 18.4 Å². The highest BCUT2D eigenvalue weighted by Crippen LogP contribution is 2.36. The quantitative estimate of drug-likeness (QED) is 0.877. The van der Waals surface area contributed by atoms with Gasteiger partial charge in [0, 0.05) is 23.1 Å². The second kappa shape index (κ2) is 5.68. The molecule has 0 aliphatic carbocycles. The highest BCUT2D eigenvalue weighted by Gasteiger charge is 2.38. The molecule has 2 unspecified atom stereocenters. The van der Waals surface area contributed by atoms with Gasteiger partial charge >= 0.3 is 6.36 Å². The zero-order valence-corrected chi connectivity index (χ0v) is 12.9. The lowest BCUT2D eigenvalue weighted by molar-refractivity contribution is -0.274. The van der Waals surface area contributed by atoms with Gasteiger partial charge in [-0.15, -0.1) is 13.2 Å². The first-order chi connectivity index (χ1) is 9.92. The van der Waals surface area contributed by atoms with Gasteiger partial charge in [0.05, 0.1) is 5.69 Å². The Labute approximate surface area is 129 Å². The number of hydrogen-bond acceptors (Lipinski definition) is 3. The predicted molar refractivity (Wildman–Crippen MR) is 77.4 cm³/mol. The summed E-state index contributed by atoms with van der Waals surface area (Å²) in [6.45, 7) is 2.10. The molecule has 2 heterocycles. The van der Waals surface area contributed by atoms with Crippen molar-refractivity contribution in [3.63, 3.8) is 0 Å². The van der Waals surface area contributed by atoms with E-state index < -0.39 is 6.36 Å². The molecule has 21 heavy (non-hydrogen) atoms. The van der Waals surface area contributed by atoms with Gasteiger partial charge in [0.15, 0.2) is 5.75 Å². The highest BCUT2D eigenvalue weighted by molar-refractivity contribution is 9.10. The van der Waals surface area contributed by atoms with Gasteiger partial charge in [-0.25, -0.2) is 0 Å². The van der Waals surface area contributed by atoms with Crippen molar-refractivity contribution in [1.82, 2.24) is 4.90 Å². The Morgan fingerprint density at radius 1 is 1.24 bits per heavy atom. The number of benzene rings is 1. The first-order valence-electron chi connectivity index (χ1n) is 6.98. The summed E-state index contributed by atoms with van der Waals surface area (Å²) >= 11 is 3.18. The predicted octanol–water partition coefficient (Wildman–Crippen LogP) is 4.00. The molecule has 116 valence electrons. The molecule has 1 aromatic carbocycles. The van der Waals surface area contributed by atoms with Gasteiger partial charge in [-0.2, -0.15) is 0 Å².